The first-order valence-corrected chi connectivity index (χ1v) is 8.84. The van der Waals surface area contributed by atoms with E-state index in [1.165, 1.54) is 0 Å². The zero-order chi connectivity index (χ0) is 17.4. The van der Waals surface area contributed by atoms with Crippen molar-refractivity contribution in [2.75, 3.05) is 44.3 Å². The number of hydrogen-bond acceptors (Lipinski definition) is 5. The Kier molecular flexibility index (Phi) is 4.25. The molecule has 2 amide bonds. The largest absolute Gasteiger partial charge is 0.486 e. The number of ether oxygens (including phenoxy) is 2. The van der Waals surface area contributed by atoms with Crippen LogP contribution in [0.4, 0.5) is 5.69 Å². The average molecular weight is 345 g/mol. The molecule has 7 nitrogen and oxygen atoms in total. The molecule has 3 heterocycles. The molecule has 0 radical (unpaired) electrons. The summed E-state index contributed by atoms with van der Waals surface area (Å²) < 4.78 is 11.1. The fraction of sp³-hybridized carbons (Fsp3) is 0.556. The summed E-state index contributed by atoms with van der Waals surface area (Å²) in [5.41, 5.74) is 6.46. The number of nitrogens with zero attached hydrogens (tertiary/aromatic N) is 2. The van der Waals surface area contributed by atoms with Crippen molar-refractivity contribution in [2.24, 2.45) is 17.6 Å². The Hall–Kier alpha value is -2.28. The molecule has 0 aromatic heterocycles. The molecule has 0 saturated carbocycles. The molecular formula is C18H23N3O4. The van der Waals surface area contributed by atoms with Crippen LogP contribution in [0.25, 0.3) is 0 Å². The van der Waals surface area contributed by atoms with Gasteiger partial charge in [0.2, 0.25) is 11.8 Å². The lowest BCUT2D eigenvalue weighted by Crippen LogP contribution is -2.36. The Bertz CT molecular complexity index is 693. The number of fused-ring (bicyclic) bond motifs is 1. The van der Waals surface area contributed by atoms with Gasteiger partial charge in [-0.1, -0.05) is 0 Å². The number of hydrogen-bond donors (Lipinski definition) is 1. The SMILES string of the molecule is NCC1CCN(C(=O)C2CC(=O)N(c3ccc4c(c3)OCCO4)C2)C1. The van der Waals surface area contributed by atoms with Crippen LogP contribution in [0.5, 0.6) is 11.5 Å². The van der Waals surface area contributed by atoms with Gasteiger partial charge in [0.15, 0.2) is 11.5 Å². The first kappa shape index (κ1) is 16.2. The second-order valence-electron chi connectivity index (χ2n) is 6.91. The van der Waals surface area contributed by atoms with E-state index in [-0.39, 0.29) is 24.2 Å². The number of anilines is 1. The predicted octanol–water partition coefficient (Wildman–Crippen LogP) is 0.618. The molecule has 2 saturated heterocycles. The summed E-state index contributed by atoms with van der Waals surface area (Å²) in [6, 6.07) is 5.48. The minimum atomic E-state index is -0.280. The summed E-state index contributed by atoms with van der Waals surface area (Å²) in [4.78, 5) is 28.7. The van der Waals surface area contributed by atoms with E-state index in [0.717, 1.165) is 18.7 Å². The lowest BCUT2D eigenvalue weighted by Gasteiger charge is -2.23. The van der Waals surface area contributed by atoms with Gasteiger partial charge in [-0.15, -0.1) is 0 Å². The number of nitrogens with two attached hydrogens (primary N) is 1. The van der Waals surface area contributed by atoms with Crippen LogP contribution in [0.1, 0.15) is 12.8 Å². The van der Waals surface area contributed by atoms with E-state index in [0.29, 0.717) is 50.3 Å². The van der Waals surface area contributed by atoms with Gasteiger partial charge in [-0.25, -0.2) is 0 Å². The van der Waals surface area contributed by atoms with Gasteiger partial charge in [-0.3, -0.25) is 9.59 Å². The minimum Gasteiger partial charge on any atom is -0.486 e. The van der Waals surface area contributed by atoms with Gasteiger partial charge in [0.05, 0.1) is 5.92 Å². The quantitative estimate of drug-likeness (QED) is 0.868. The van der Waals surface area contributed by atoms with Crippen molar-refractivity contribution in [3.05, 3.63) is 18.2 Å². The molecule has 2 atom stereocenters. The summed E-state index contributed by atoms with van der Waals surface area (Å²) in [6.45, 7) is 3.52. The molecule has 3 aliphatic heterocycles. The van der Waals surface area contributed by atoms with E-state index in [2.05, 4.69) is 0 Å². The highest BCUT2D eigenvalue weighted by Crippen LogP contribution is 2.36. The lowest BCUT2D eigenvalue weighted by atomic mass is 10.1. The molecule has 3 aliphatic rings. The van der Waals surface area contributed by atoms with Crippen LogP contribution in [0.15, 0.2) is 18.2 Å². The molecule has 7 heteroatoms. The normalized spacial score (nSPS) is 25.6. The van der Waals surface area contributed by atoms with Gasteiger partial charge >= 0.3 is 0 Å². The highest BCUT2D eigenvalue weighted by atomic mass is 16.6. The van der Waals surface area contributed by atoms with Crippen molar-refractivity contribution in [3.8, 4) is 11.5 Å². The van der Waals surface area contributed by atoms with E-state index < -0.39 is 0 Å². The molecule has 25 heavy (non-hydrogen) atoms. The van der Waals surface area contributed by atoms with Gasteiger partial charge in [0.1, 0.15) is 13.2 Å². The topological polar surface area (TPSA) is 85.1 Å². The fourth-order valence-electron chi connectivity index (χ4n) is 3.81. The van der Waals surface area contributed by atoms with Gasteiger partial charge in [0.25, 0.3) is 0 Å². The van der Waals surface area contributed by atoms with Crippen molar-refractivity contribution in [3.63, 3.8) is 0 Å². The minimum absolute atomic E-state index is 0.0235. The van der Waals surface area contributed by atoms with E-state index in [1.807, 2.05) is 23.1 Å². The first-order valence-electron chi connectivity index (χ1n) is 8.84. The van der Waals surface area contributed by atoms with Crippen LogP contribution in [0, 0.1) is 11.8 Å². The highest BCUT2D eigenvalue weighted by molar-refractivity contribution is 6.00. The summed E-state index contributed by atoms with van der Waals surface area (Å²) in [5.74, 6) is 1.50. The maximum Gasteiger partial charge on any atom is 0.228 e. The summed E-state index contributed by atoms with van der Waals surface area (Å²) >= 11 is 0. The van der Waals surface area contributed by atoms with Crippen molar-refractivity contribution < 1.29 is 19.1 Å². The van der Waals surface area contributed by atoms with Crippen LogP contribution in [0.3, 0.4) is 0 Å². The second kappa shape index (κ2) is 6.55. The van der Waals surface area contributed by atoms with E-state index in [4.69, 9.17) is 15.2 Å². The van der Waals surface area contributed by atoms with E-state index in [9.17, 15) is 9.59 Å². The number of carbonyl (C=O) groups excluding carboxylic acids is 2. The monoisotopic (exact) mass is 345 g/mol. The lowest BCUT2D eigenvalue weighted by molar-refractivity contribution is -0.134. The summed E-state index contributed by atoms with van der Waals surface area (Å²) in [6.07, 6.45) is 1.21. The molecule has 134 valence electrons. The third kappa shape index (κ3) is 3.04. The molecule has 2 fully saturated rings. The maximum atomic E-state index is 12.7. The molecule has 4 rings (SSSR count). The predicted molar refractivity (Wildman–Crippen MR) is 91.6 cm³/mol. The Labute approximate surface area is 146 Å². The molecule has 0 aliphatic carbocycles. The van der Waals surface area contributed by atoms with Crippen molar-refractivity contribution in [1.29, 1.82) is 0 Å². The maximum absolute atomic E-state index is 12.7. The van der Waals surface area contributed by atoms with Crippen LogP contribution < -0.4 is 20.1 Å². The van der Waals surface area contributed by atoms with Crippen LogP contribution in [-0.4, -0.2) is 56.1 Å². The van der Waals surface area contributed by atoms with Crippen LogP contribution >= 0.6 is 0 Å². The Morgan fingerprint density at radius 2 is 2.00 bits per heavy atom. The summed E-state index contributed by atoms with van der Waals surface area (Å²) in [7, 11) is 0. The van der Waals surface area contributed by atoms with Crippen molar-refractivity contribution >= 4 is 17.5 Å². The molecule has 2 unspecified atom stereocenters. The van der Waals surface area contributed by atoms with Gasteiger partial charge in [0, 0.05) is 37.8 Å². The van der Waals surface area contributed by atoms with Gasteiger partial charge in [-0.2, -0.15) is 0 Å². The molecule has 0 spiro atoms. The zero-order valence-corrected chi connectivity index (χ0v) is 14.1. The Morgan fingerprint density at radius 1 is 1.20 bits per heavy atom. The van der Waals surface area contributed by atoms with E-state index in [1.54, 1.807) is 4.90 Å². The van der Waals surface area contributed by atoms with Crippen LogP contribution in [-0.2, 0) is 9.59 Å². The zero-order valence-electron chi connectivity index (χ0n) is 14.1. The molecule has 1 aromatic rings. The number of carbonyl (C=O) groups is 2. The molecule has 1 aromatic carbocycles. The fourth-order valence-corrected chi connectivity index (χ4v) is 3.81. The highest BCUT2D eigenvalue weighted by Gasteiger charge is 2.39. The Balaban J connectivity index is 1.46. The van der Waals surface area contributed by atoms with Gasteiger partial charge in [-0.05, 0) is 31.0 Å². The number of likely N-dealkylation sites (tertiary alicyclic amines) is 1. The van der Waals surface area contributed by atoms with E-state index >= 15 is 0 Å². The molecule has 2 N–H and O–H groups in total. The number of benzene rings is 1. The van der Waals surface area contributed by atoms with Crippen molar-refractivity contribution in [2.45, 2.75) is 12.8 Å². The standard InChI is InChI=1S/C18H23N3O4/c19-9-12-3-4-20(10-12)18(23)13-7-17(22)21(11-13)14-1-2-15-16(8-14)25-6-5-24-15/h1-2,8,12-13H,3-7,9-11,19H2. The molecule has 0 bridgehead atoms. The number of rotatable bonds is 3. The second-order valence-corrected chi connectivity index (χ2v) is 6.91. The third-order valence-electron chi connectivity index (χ3n) is 5.24. The van der Waals surface area contributed by atoms with Crippen LogP contribution in [0.2, 0.25) is 0 Å². The molecular weight excluding hydrogens is 322 g/mol. The Morgan fingerprint density at radius 3 is 2.76 bits per heavy atom. The first-order chi connectivity index (χ1) is 12.2. The summed E-state index contributed by atoms with van der Waals surface area (Å²) in [5, 5.41) is 0. The van der Waals surface area contributed by atoms with Gasteiger partial charge < -0.3 is 25.0 Å². The van der Waals surface area contributed by atoms with Crippen molar-refractivity contribution in [1.82, 2.24) is 4.90 Å². The third-order valence-corrected chi connectivity index (χ3v) is 5.24. The smallest absolute Gasteiger partial charge is 0.228 e. The number of amides is 2. The average Bonchev–Trinajstić information content (AvgIpc) is 3.27.